The van der Waals surface area contributed by atoms with Crippen LogP contribution in [0, 0.1) is 11.8 Å². The number of anilines is 2. The van der Waals surface area contributed by atoms with Crippen LogP contribution in [-0.4, -0.2) is 122 Å². The Labute approximate surface area is 343 Å². The minimum atomic E-state index is -4.80. The number of likely N-dealkylation sites (tertiary alicyclic amines) is 2. The van der Waals surface area contributed by atoms with Crippen LogP contribution in [0.1, 0.15) is 69.1 Å². The number of urea groups is 1. The maximum atomic E-state index is 14.0. The van der Waals surface area contributed by atoms with E-state index in [4.69, 9.17) is 31.5 Å². The number of piperidine rings is 2. The highest BCUT2D eigenvalue weighted by Crippen LogP contribution is 2.38. The number of carbonyl (C=O) groups excluding carboxylic acids is 4. The molecule has 0 spiro atoms. The molecule has 2 aromatic rings. The molecule has 2 atom stereocenters. The quantitative estimate of drug-likeness (QED) is 0.157. The van der Waals surface area contributed by atoms with Crippen LogP contribution in [-0.2, 0) is 38.1 Å². The Morgan fingerprint density at radius 3 is 2.41 bits per heavy atom. The van der Waals surface area contributed by atoms with Gasteiger partial charge < -0.3 is 44.9 Å². The third kappa shape index (κ3) is 11.6. The fourth-order valence-electron chi connectivity index (χ4n) is 8.10. The van der Waals surface area contributed by atoms with E-state index in [0.29, 0.717) is 70.0 Å². The lowest BCUT2D eigenvalue weighted by Crippen LogP contribution is -2.51. The van der Waals surface area contributed by atoms with E-state index >= 15 is 0 Å². The summed E-state index contributed by atoms with van der Waals surface area (Å²) in [5.74, 6) is 0.618. The van der Waals surface area contributed by atoms with E-state index in [2.05, 4.69) is 17.1 Å². The molecule has 2 saturated heterocycles. The van der Waals surface area contributed by atoms with Crippen LogP contribution in [0.2, 0.25) is 5.02 Å². The van der Waals surface area contributed by atoms with Crippen molar-refractivity contribution in [3.8, 4) is 5.75 Å². The number of halogens is 4. The van der Waals surface area contributed by atoms with E-state index in [1.165, 1.54) is 15.9 Å². The highest BCUT2D eigenvalue weighted by Gasteiger charge is 2.37. The van der Waals surface area contributed by atoms with Crippen LogP contribution in [0.15, 0.2) is 30.3 Å². The number of nitrogens with zero attached hydrogens (tertiary/aromatic N) is 4. The number of amides is 4. The van der Waals surface area contributed by atoms with Gasteiger partial charge in [-0.2, -0.15) is 13.2 Å². The Balaban J connectivity index is 1.20. The van der Waals surface area contributed by atoms with Crippen molar-refractivity contribution in [1.82, 2.24) is 19.6 Å². The molecule has 4 amide bonds. The number of methoxy groups -OCH3 is 1. The summed E-state index contributed by atoms with van der Waals surface area (Å²) >= 11 is 6.13. The molecule has 1 unspecified atom stereocenters. The first kappa shape index (κ1) is 44.7. The van der Waals surface area contributed by atoms with Gasteiger partial charge in [0.1, 0.15) is 5.75 Å². The number of esters is 1. The number of carbonyl (C=O) groups is 4. The maximum absolute atomic E-state index is 14.0. The van der Waals surface area contributed by atoms with E-state index in [1.54, 1.807) is 32.0 Å². The average Bonchev–Trinajstić information content (AvgIpc) is 3.37. The van der Waals surface area contributed by atoms with E-state index in [1.807, 2.05) is 12.1 Å². The highest BCUT2D eigenvalue weighted by atomic mass is 35.5. The van der Waals surface area contributed by atoms with Crippen molar-refractivity contribution in [2.24, 2.45) is 11.8 Å². The molecule has 0 bridgehead atoms. The lowest BCUT2D eigenvalue weighted by atomic mass is 9.83. The second-order valence-electron chi connectivity index (χ2n) is 15.5. The molecule has 0 aromatic heterocycles. The third-order valence-corrected chi connectivity index (χ3v) is 12.0. The molecule has 3 N–H and O–H groups in total. The van der Waals surface area contributed by atoms with E-state index < -0.39 is 35.5 Å². The minimum Gasteiger partial charge on any atom is -0.497 e. The number of rotatable bonds is 14. The third-order valence-electron chi connectivity index (χ3n) is 11.7. The summed E-state index contributed by atoms with van der Waals surface area (Å²) in [5, 5.41) is 2.66. The van der Waals surface area contributed by atoms with Crippen LogP contribution >= 0.6 is 11.6 Å². The van der Waals surface area contributed by atoms with Crippen LogP contribution in [0.4, 0.5) is 34.1 Å². The molecule has 0 aliphatic carbocycles. The van der Waals surface area contributed by atoms with E-state index in [-0.39, 0.29) is 54.1 Å². The largest absolute Gasteiger partial charge is 0.497 e. The van der Waals surface area contributed by atoms with Crippen molar-refractivity contribution in [2.75, 3.05) is 77.6 Å². The molecule has 0 saturated carbocycles. The van der Waals surface area contributed by atoms with Crippen LogP contribution in [0.25, 0.3) is 0 Å². The van der Waals surface area contributed by atoms with Crippen LogP contribution < -0.4 is 15.8 Å². The van der Waals surface area contributed by atoms with Gasteiger partial charge in [-0.3, -0.25) is 9.59 Å². The van der Waals surface area contributed by atoms with Crippen molar-refractivity contribution >= 4 is 47.0 Å². The standard InChI is InChI=1S/C41H56ClF3N6O7/c1-5-57-36(52)14-18-49-16-9-28(10-17-49)26(2)8-15-48(3)38(53)35(24-27-22-32(41(43,44)45)37(46)33(42)23-27)58-40(55)50-19-12-30(13-20-50)51-21-11-29-25-31(56-4)6-7-34(29)47-39(51)54/h6-7,22-23,25-26,28,30,35H,5,8-21,24,46H2,1-4H3,(H,47,54)/t26?,35-/m1/s1. The summed E-state index contributed by atoms with van der Waals surface area (Å²) in [6, 6.07) is 7.21. The number of nitrogens with one attached hydrogen (secondary N) is 1. The van der Waals surface area contributed by atoms with Crippen molar-refractivity contribution in [3.05, 3.63) is 52.0 Å². The predicted molar refractivity (Wildman–Crippen MR) is 214 cm³/mol. The predicted octanol–water partition coefficient (Wildman–Crippen LogP) is 6.70. The normalized spacial score (nSPS) is 18.1. The second kappa shape index (κ2) is 20.0. The molecule has 2 aromatic carbocycles. The smallest absolute Gasteiger partial charge is 0.418 e. The highest BCUT2D eigenvalue weighted by molar-refractivity contribution is 6.33. The van der Waals surface area contributed by atoms with Crippen LogP contribution in [0.5, 0.6) is 5.75 Å². The molecule has 13 nitrogen and oxygen atoms in total. The monoisotopic (exact) mass is 836 g/mol. The van der Waals surface area contributed by atoms with Gasteiger partial charge in [0, 0.05) is 57.9 Å². The molecule has 0 radical (unpaired) electrons. The summed E-state index contributed by atoms with van der Waals surface area (Å²) in [6.45, 7) is 7.96. The number of likely N-dealkylation sites (N-methyl/N-ethyl adjacent to an activating group) is 1. The Hall–Kier alpha value is -4.44. The Kier molecular flexibility index (Phi) is 15.4. The molecular weight excluding hydrogens is 781 g/mol. The average molecular weight is 837 g/mol. The Bertz CT molecular complexity index is 1770. The lowest BCUT2D eigenvalue weighted by Gasteiger charge is -2.38. The maximum Gasteiger partial charge on any atom is 0.418 e. The van der Waals surface area contributed by atoms with Gasteiger partial charge in [-0.05, 0) is 112 Å². The van der Waals surface area contributed by atoms with Gasteiger partial charge in [0.15, 0.2) is 6.10 Å². The summed E-state index contributed by atoms with van der Waals surface area (Å²) < 4.78 is 57.9. The van der Waals surface area contributed by atoms with Crippen molar-refractivity contribution in [2.45, 2.75) is 83.5 Å². The molecule has 58 heavy (non-hydrogen) atoms. The molecule has 3 aliphatic rings. The van der Waals surface area contributed by atoms with Crippen molar-refractivity contribution < 1.29 is 46.6 Å². The van der Waals surface area contributed by atoms with E-state index in [9.17, 15) is 32.3 Å². The molecule has 17 heteroatoms. The number of fused-ring (bicyclic) bond motifs is 1. The zero-order chi connectivity index (χ0) is 42.1. The zero-order valence-electron chi connectivity index (χ0n) is 33.7. The summed E-state index contributed by atoms with van der Waals surface area (Å²) in [5.41, 5.74) is 5.63. The SMILES string of the molecule is CCOC(=O)CCN1CCC(C(C)CCN(C)C(=O)[C@@H](Cc2cc(Cl)c(N)c(C(F)(F)F)c2)OC(=O)N2CCC(N3CCc4cc(OC)ccc4NC3=O)CC2)CC1. The minimum absolute atomic E-state index is 0.0404. The molecular formula is C41H56ClF3N6O7. The van der Waals surface area contributed by atoms with Crippen molar-refractivity contribution in [1.29, 1.82) is 0 Å². The van der Waals surface area contributed by atoms with Gasteiger partial charge in [-0.1, -0.05) is 18.5 Å². The first-order valence-electron chi connectivity index (χ1n) is 20.1. The number of hydrogen-bond donors (Lipinski definition) is 2. The van der Waals surface area contributed by atoms with Gasteiger partial charge in [-0.15, -0.1) is 0 Å². The number of nitrogens with two attached hydrogens (primary N) is 1. The Morgan fingerprint density at radius 1 is 1.05 bits per heavy atom. The second-order valence-corrected chi connectivity index (χ2v) is 15.9. The van der Waals surface area contributed by atoms with Crippen LogP contribution in [0.3, 0.4) is 0 Å². The fourth-order valence-corrected chi connectivity index (χ4v) is 8.34. The van der Waals surface area contributed by atoms with Gasteiger partial charge >= 0.3 is 24.3 Å². The van der Waals surface area contributed by atoms with Gasteiger partial charge in [0.05, 0.1) is 36.4 Å². The molecule has 320 valence electrons. The number of ether oxygens (including phenoxy) is 3. The number of alkyl halides is 3. The molecule has 5 rings (SSSR count). The van der Waals surface area contributed by atoms with Gasteiger partial charge in [0.25, 0.3) is 5.91 Å². The topological polar surface area (TPSA) is 147 Å². The number of nitrogen functional groups attached to an aromatic ring is 1. The summed E-state index contributed by atoms with van der Waals surface area (Å²) in [4.78, 5) is 59.7. The summed E-state index contributed by atoms with van der Waals surface area (Å²) in [6.07, 6.45) is -2.91. The van der Waals surface area contributed by atoms with E-state index in [0.717, 1.165) is 43.2 Å². The first-order chi connectivity index (χ1) is 27.6. The molecule has 3 aliphatic heterocycles. The van der Waals surface area contributed by atoms with Gasteiger partial charge in [0.2, 0.25) is 0 Å². The molecule has 3 heterocycles. The number of hydrogen-bond acceptors (Lipinski definition) is 9. The number of benzene rings is 2. The first-order valence-corrected chi connectivity index (χ1v) is 20.4. The molecule has 2 fully saturated rings. The zero-order valence-corrected chi connectivity index (χ0v) is 34.5. The van der Waals surface area contributed by atoms with Gasteiger partial charge in [-0.25, -0.2) is 9.59 Å². The van der Waals surface area contributed by atoms with Crippen molar-refractivity contribution in [3.63, 3.8) is 0 Å². The summed E-state index contributed by atoms with van der Waals surface area (Å²) in [7, 11) is 3.18. The Morgan fingerprint density at radius 2 is 1.76 bits per heavy atom. The lowest BCUT2D eigenvalue weighted by molar-refractivity contribution is -0.143. The fraction of sp³-hybridized carbons (Fsp3) is 0.610.